The molecule has 1 rings (SSSR count). The molecule has 3 amide bonds. The van der Waals surface area contributed by atoms with Gasteiger partial charge in [-0.2, -0.15) is 0 Å². The highest BCUT2D eigenvalue weighted by atomic mass is 16.2. The number of urea groups is 1. The summed E-state index contributed by atoms with van der Waals surface area (Å²) >= 11 is 0. The Morgan fingerprint density at radius 3 is 2.69 bits per heavy atom. The Bertz CT molecular complexity index is 199. The lowest BCUT2D eigenvalue weighted by atomic mass is 10.4. The monoisotopic (exact) mass is 185 g/mol. The molecule has 0 aromatic heterocycles. The Morgan fingerprint density at radius 1 is 1.54 bits per heavy atom. The first-order valence-electron chi connectivity index (χ1n) is 4.43. The number of nitrogens with one attached hydrogen (secondary N) is 2. The van der Waals surface area contributed by atoms with E-state index in [-0.39, 0.29) is 18.5 Å². The van der Waals surface area contributed by atoms with E-state index in [1.807, 2.05) is 13.8 Å². The predicted octanol–water partition coefficient (Wildman–Crippen LogP) is -0.464. The lowest BCUT2D eigenvalue weighted by molar-refractivity contribution is -0.124. The largest absolute Gasteiger partial charge is 0.329 e. The molecule has 2 N–H and O–H groups in total. The fourth-order valence-corrected chi connectivity index (χ4v) is 1.15. The topological polar surface area (TPSA) is 61.4 Å². The number of hydrogen-bond donors (Lipinski definition) is 2. The summed E-state index contributed by atoms with van der Waals surface area (Å²) in [6.45, 7) is 5.28. The maximum Gasteiger partial charge on any atom is 0.324 e. The summed E-state index contributed by atoms with van der Waals surface area (Å²) < 4.78 is 0. The summed E-state index contributed by atoms with van der Waals surface area (Å²) in [4.78, 5) is 23.3. The minimum atomic E-state index is -0.282. The van der Waals surface area contributed by atoms with Crippen molar-refractivity contribution in [3.63, 3.8) is 0 Å². The van der Waals surface area contributed by atoms with Gasteiger partial charge in [0, 0.05) is 19.1 Å². The van der Waals surface area contributed by atoms with E-state index in [0.29, 0.717) is 19.1 Å². The highest BCUT2D eigenvalue weighted by Crippen LogP contribution is 1.96. The fourth-order valence-electron chi connectivity index (χ4n) is 1.15. The van der Waals surface area contributed by atoms with Crippen LogP contribution in [0.15, 0.2) is 0 Å². The van der Waals surface area contributed by atoms with Crippen LogP contribution in [0.3, 0.4) is 0 Å². The fraction of sp³-hybridized carbons (Fsp3) is 0.750. The van der Waals surface area contributed by atoms with E-state index in [1.165, 1.54) is 4.90 Å². The molecule has 0 bridgehead atoms. The molecule has 0 unspecified atom stereocenters. The van der Waals surface area contributed by atoms with E-state index in [1.54, 1.807) is 0 Å². The van der Waals surface area contributed by atoms with Gasteiger partial charge >= 0.3 is 6.03 Å². The average molecular weight is 185 g/mol. The van der Waals surface area contributed by atoms with Crippen molar-refractivity contribution in [2.24, 2.45) is 0 Å². The van der Waals surface area contributed by atoms with Crippen molar-refractivity contribution in [3.8, 4) is 0 Å². The van der Waals surface area contributed by atoms with Crippen LogP contribution in [0, 0.1) is 0 Å². The summed E-state index contributed by atoms with van der Waals surface area (Å²) in [7, 11) is 0. The van der Waals surface area contributed by atoms with Crippen LogP contribution in [0.25, 0.3) is 0 Å². The molecule has 74 valence electrons. The number of nitrogens with zero attached hydrogens (tertiary/aromatic N) is 1. The summed E-state index contributed by atoms with van der Waals surface area (Å²) in [6.07, 6.45) is 0. The molecular weight excluding hydrogens is 170 g/mol. The lowest BCUT2D eigenvalue weighted by Gasteiger charge is -2.14. The molecule has 0 aromatic carbocycles. The zero-order valence-electron chi connectivity index (χ0n) is 7.96. The Kier molecular flexibility index (Phi) is 3.25. The molecule has 1 aliphatic heterocycles. The first-order chi connectivity index (χ1) is 6.11. The van der Waals surface area contributed by atoms with Crippen molar-refractivity contribution >= 4 is 11.9 Å². The molecule has 1 aliphatic rings. The second-order valence-electron chi connectivity index (χ2n) is 3.31. The zero-order valence-corrected chi connectivity index (χ0v) is 7.96. The molecule has 0 atom stereocenters. The highest BCUT2D eigenvalue weighted by Gasteiger charge is 2.27. The minimum absolute atomic E-state index is 0.139. The first kappa shape index (κ1) is 9.98. The van der Waals surface area contributed by atoms with Gasteiger partial charge in [0.1, 0.15) is 0 Å². The normalized spacial score (nSPS) is 17.0. The van der Waals surface area contributed by atoms with Gasteiger partial charge in [0.2, 0.25) is 5.91 Å². The molecular formula is C8H15N3O2. The molecule has 0 saturated carbocycles. The summed E-state index contributed by atoms with van der Waals surface area (Å²) in [5, 5.41) is 5.61. The van der Waals surface area contributed by atoms with Gasteiger partial charge in [-0.1, -0.05) is 13.8 Å². The average Bonchev–Trinajstić information content (AvgIpc) is 2.34. The van der Waals surface area contributed by atoms with Gasteiger partial charge in [-0.25, -0.2) is 4.79 Å². The molecule has 0 spiro atoms. The van der Waals surface area contributed by atoms with Gasteiger partial charge < -0.3 is 10.6 Å². The number of rotatable bonds is 4. The standard InChI is InChI=1S/C8H15N3O2/c1-6(2)9-3-4-11-7(12)5-10-8(11)13/h6,9H,3-5H2,1-2H3,(H,10,13). The second-order valence-corrected chi connectivity index (χ2v) is 3.31. The van der Waals surface area contributed by atoms with Crippen molar-refractivity contribution in [1.82, 2.24) is 15.5 Å². The van der Waals surface area contributed by atoms with E-state index in [4.69, 9.17) is 0 Å². The summed E-state index contributed by atoms with van der Waals surface area (Å²) in [5.74, 6) is -0.143. The Hall–Kier alpha value is -1.10. The molecule has 1 heterocycles. The van der Waals surface area contributed by atoms with Crippen molar-refractivity contribution in [2.75, 3.05) is 19.6 Å². The van der Waals surface area contributed by atoms with Crippen molar-refractivity contribution < 1.29 is 9.59 Å². The van der Waals surface area contributed by atoms with E-state index < -0.39 is 0 Å². The highest BCUT2D eigenvalue weighted by molar-refractivity contribution is 6.01. The van der Waals surface area contributed by atoms with Crippen LogP contribution in [-0.4, -0.2) is 42.5 Å². The number of amides is 3. The van der Waals surface area contributed by atoms with Gasteiger partial charge in [0.25, 0.3) is 0 Å². The van der Waals surface area contributed by atoms with Crippen LogP contribution in [0.5, 0.6) is 0 Å². The minimum Gasteiger partial charge on any atom is -0.329 e. The van der Waals surface area contributed by atoms with Crippen LogP contribution in [0.1, 0.15) is 13.8 Å². The Labute approximate surface area is 77.5 Å². The molecule has 5 heteroatoms. The molecule has 0 aromatic rings. The van der Waals surface area contributed by atoms with Crippen LogP contribution in [0.4, 0.5) is 4.79 Å². The van der Waals surface area contributed by atoms with Crippen molar-refractivity contribution in [3.05, 3.63) is 0 Å². The molecule has 0 radical (unpaired) electrons. The molecule has 1 fully saturated rings. The molecule has 0 aliphatic carbocycles. The Morgan fingerprint density at radius 2 is 2.23 bits per heavy atom. The van der Waals surface area contributed by atoms with E-state index in [9.17, 15) is 9.59 Å². The Balaban J connectivity index is 2.27. The van der Waals surface area contributed by atoms with Crippen LogP contribution >= 0.6 is 0 Å². The molecule has 1 saturated heterocycles. The van der Waals surface area contributed by atoms with Gasteiger partial charge in [0.15, 0.2) is 0 Å². The van der Waals surface area contributed by atoms with Gasteiger partial charge in [0.05, 0.1) is 6.54 Å². The van der Waals surface area contributed by atoms with Crippen molar-refractivity contribution in [2.45, 2.75) is 19.9 Å². The molecule has 13 heavy (non-hydrogen) atoms. The van der Waals surface area contributed by atoms with Crippen LogP contribution in [-0.2, 0) is 4.79 Å². The third kappa shape index (κ3) is 2.69. The number of hydrogen-bond acceptors (Lipinski definition) is 3. The maximum atomic E-state index is 11.1. The van der Waals surface area contributed by atoms with E-state index >= 15 is 0 Å². The second kappa shape index (κ2) is 4.23. The SMILES string of the molecule is CC(C)NCCN1C(=O)CNC1=O. The lowest BCUT2D eigenvalue weighted by Crippen LogP contribution is -2.38. The maximum absolute atomic E-state index is 11.1. The van der Waals surface area contributed by atoms with Gasteiger partial charge in [-0.15, -0.1) is 0 Å². The predicted molar refractivity (Wildman–Crippen MR) is 48.3 cm³/mol. The number of carbonyl (C=O) groups excluding carboxylic acids is 2. The van der Waals surface area contributed by atoms with E-state index in [2.05, 4.69) is 10.6 Å². The third-order valence-corrected chi connectivity index (χ3v) is 1.83. The third-order valence-electron chi connectivity index (χ3n) is 1.83. The van der Waals surface area contributed by atoms with Gasteiger partial charge in [-0.05, 0) is 0 Å². The smallest absolute Gasteiger partial charge is 0.324 e. The molecule has 5 nitrogen and oxygen atoms in total. The van der Waals surface area contributed by atoms with E-state index in [0.717, 1.165) is 0 Å². The zero-order chi connectivity index (χ0) is 9.84. The van der Waals surface area contributed by atoms with Crippen LogP contribution in [0.2, 0.25) is 0 Å². The summed E-state index contributed by atoms with van der Waals surface area (Å²) in [6, 6.07) is 0.0938. The number of imide groups is 1. The first-order valence-corrected chi connectivity index (χ1v) is 4.43. The van der Waals surface area contributed by atoms with Gasteiger partial charge in [-0.3, -0.25) is 9.69 Å². The number of carbonyl (C=O) groups is 2. The van der Waals surface area contributed by atoms with Crippen molar-refractivity contribution in [1.29, 1.82) is 0 Å². The van der Waals surface area contributed by atoms with Crippen LogP contribution < -0.4 is 10.6 Å². The quantitative estimate of drug-likeness (QED) is 0.582. The summed E-state index contributed by atoms with van der Waals surface area (Å²) in [5.41, 5.74) is 0.